The Balaban J connectivity index is 2.52. The highest BCUT2D eigenvalue weighted by Gasteiger charge is 2.23. The van der Waals surface area contributed by atoms with E-state index in [1.165, 1.54) is 18.2 Å². The molecule has 1 atom stereocenters. The second-order valence-electron chi connectivity index (χ2n) is 4.69. The van der Waals surface area contributed by atoms with Gasteiger partial charge in [0.25, 0.3) is 0 Å². The van der Waals surface area contributed by atoms with Crippen LogP contribution < -0.4 is 5.32 Å². The minimum absolute atomic E-state index is 0.0500. The molecule has 0 aromatic heterocycles. The summed E-state index contributed by atoms with van der Waals surface area (Å²) in [4.78, 5) is 0. The van der Waals surface area contributed by atoms with E-state index >= 15 is 0 Å². The molecule has 0 saturated heterocycles. The van der Waals surface area contributed by atoms with Crippen LogP contribution in [0.15, 0.2) is 45.3 Å². The van der Waals surface area contributed by atoms with E-state index in [-0.39, 0.29) is 5.56 Å². The molecule has 1 N–H and O–H groups in total. The molecule has 0 aliphatic carbocycles. The molecular weight excluding hydrogens is 404 g/mol. The standard InChI is InChI=1S/C16H15Br2F2N/c1-2-8-21-16(11-7-6-10(17)9-12(11)18)15-13(19)4-3-5-14(15)20/h3-7,9,16,21H,2,8H2,1H3. The maximum atomic E-state index is 14.1. The molecule has 0 fully saturated rings. The predicted molar refractivity (Wildman–Crippen MR) is 88.3 cm³/mol. The van der Waals surface area contributed by atoms with E-state index in [2.05, 4.69) is 37.2 Å². The third-order valence-electron chi connectivity index (χ3n) is 3.16. The summed E-state index contributed by atoms with van der Waals surface area (Å²) >= 11 is 6.86. The Bertz CT molecular complexity index is 611. The molecule has 5 heteroatoms. The zero-order valence-corrected chi connectivity index (χ0v) is 14.6. The van der Waals surface area contributed by atoms with Gasteiger partial charge in [-0.15, -0.1) is 0 Å². The summed E-state index contributed by atoms with van der Waals surface area (Å²) in [7, 11) is 0. The molecule has 2 aromatic carbocycles. The van der Waals surface area contributed by atoms with Crippen molar-refractivity contribution in [1.29, 1.82) is 0 Å². The van der Waals surface area contributed by atoms with Crippen molar-refractivity contribution in [2.45, 2.75) is 19.4 Å². The molecule has 1 unspecified atom stereocenters. The lowest BCUT2D eigenvalue weighted by atomic mass is 9.97. The average molecular weight is 419 g/mol. The van der Waals surface area contributed by atoms with Gasteiger partial charge in [0.05, 0.1) is 6.04 Å². The number of rotatable bonds is 5. The molecule has 0 aliphatic heterocycles. The molecule has 2 aromatic rings. The van der Waals surface area contributed by atoms with E-state index in [9.17, 15) is 8.78 Å². The highest BCUT2D eigenvalue weighted by Crippen LogP contribution is 2.33. The van der Waals surface area contributed by atoms with E-state index in [1.54, 1.807) is 0 Å². The van der Waals surface area contributed by atoms with Crippen molar-refractivity contribution in [3.8, 4) is 0 Å². The second kappa shape index (κ2) is 7.47. The average Bonchev–Trinajstić information content (AvgIpc) is 2.43. The Hall–Kier alpha value is -0.780. The number of hydrogen-bond donors (Lipinski definition) is 1. The number of halogens is 4. The molecule has 1 nitrogen and oxygen atoms in total. The molecule has 0 saturated carbocycles. The lowest BCUT2D eigenvalue weighted by Gasteiger charge is -2.22. The highest BCUT2D eigenvalue weighted by atomic mass is 79.9. The van der Waals surface area contributed by atoms with Crippen LogP contribution >= 0.6 is 31.9 Å². The van der Waals surface area contributed by atoms with Crippen LogP contribution in [-0.2, 0) is 0 Å². The molecule has 0 bridgehead atoms. The van der Waals surface area contributed by atoms with Crippen molar-refractivity contribution < 1.29 is 8.78 Å². The van der Waals surface area contributed by atoms with E-state index in [1.807, 2.05) is 25.1 Å². The molecule has 2 rings (SSSR count). The van der Waals surface area contributed by atoms with Gasteiger partial charge in [-0.1, -0.05) is 50.9 Å². The highest BCUT2D eigenvalue weighted by molar-refractivity contribution is 9.11. The SMILES string of the molecule is CCCNC(c1ccc(Br)cc1Br)c1c(F)cccc1F. The fourth-order valence-corrected chi connectivity index (χ4v) is 3.45. The van der Waals surface area contributed by atoms with Gasteiger partial charge in [0.2, 0.25) is 0 Å². The Labute approximate surface area is 140 Å². The largest absolute Gasteiger partial charge is 0.306 e. The maximum Gasteiger partial charge on any atom is 0.131 e. The third kappa shape index (κ3) is 3.90. The van der Waals surface area contributed by atoms with E-state index < -0.39 is 17.7 Å². The molecule has 0 aliphatic rings. The minimum atomic E-state index is -0.543. The minimum Gasteiger partial charge on any atom is -0.306 e. The zero-order valence-electron chi connectivity index (χ0n) is 11.5. The molecule has 112 valence electrons. The van der Waals surface area contributed by atoms with Crippen LogP contribution in [0.5, 0.6) is 0 Å². The van der Waals surface area contributed by atoms with Gasteiger partial charge < -0.3 is 5.32 Å². The summed E-state index contributed by atoms with van der Waals surface area (Å²) in [6.45, 7) is 2.68. The van der Waals surface area contributed by atoms with Gasteiger partial charge >= 0.3 is 0 Å². The monoisotopic (exact) mass is 417 g/mol. The van der Waals surface area contributed by atoms with Crippen LogP contribution in [-0.4, -0.2) is 6.54 Å². The Morgan fingerprint density at radius 2 is 1.76 bits per heavy atom. The summed E-state index contributed by atoms with van der Waals surface area (Å²) in [6, 6.07) is 8.99. The van der Waals surface area contributed by atoms with Gasteiger partial charge in [-0.3, -0.25) is 0 Å². The summed E-state index contributed by atoms with van der Waals surface area (Å²) in [5.41, 5.74) is 0.852. The van der Waals surface area contributed by atoms with E-state index in [0.29, 0.717) is 6.54 Å². The zero-order chi connectivity index (χ0) is 15.4. The fourth-order valence-electron chi connectivity index (χ4n) is 2.18. The Morgan fingerprint density at radius 3 is 2.33 bits per heavy atom. The van der Waals surface area contributed by atoms with Crippen LogP contribution in [0.25, 0.3) is 0 Å². The number of benzene rings is 2. The lowest BCUT2D eigenvalue weighted by Crippen LogP contribution is -2.25. The molecule has 21 heavy (non-hydrogen) atoms. The first-order valence-electron chi connectivity index (χ1n) is 6.66. The van der Waals surface area contributed by atoms with Gasteiger partial charge in [-0.25, -0.2) is 8.78 Å². The quantitative estimate of drug-likeness (QED) is 0.668. The molecule has 0 heterocycles. The molecule has 0 radical (unpaired) electrons. The van der Waals surface area contributed by atoms with Crippen molar-refractivity contribution >= 4 is 31.9 Å². The van der Waals surface area contributed by atoms with Gasteiger partial charge in [-0.05, 0) is 42.8 Å². The first-order chi connectivity index (χ1) is 10.0. The number of hydrogen-bond acceptors (Lipinski definition) is 1. The lowest BCUT2D eigenvalue weighted by molar-refractivity contribution is 0.502. The smallest absolute Gasteiger partial charge is 0.131 e. The summed E-state index contributed by atoms with van der Waals surface area (Å²) < 4.78 is 29.9. The van der Waals surface area contributed by atoms with Crippen molar-refractivity contribution in [3.63, 3.8) is 0 Å². The van der Waals surface area contributed by atoms with Crippen LogP contribution in [0.4, 0.5) is 8.78 Å². The third-order valence-corrected chi connectivity index (χ3v) is 4.34. The van der Waals surface area contributed by atoms with Gasteiger partial charge in [-0.2, -0.15) is 0 Å². The maximum absolute atomic E-state index is 14.1. The van der Waals surface area contributed by atoms with Gasteiger partial charge in [0, 0.05) is 14.5 Å². The fraction of sp³-hybridized carbons (Fsp3) is 0.250. The summed E-state index contributed by atoms with van der Waals surface area (Å²) in [6.07, 6.45) is 0.876. The first-order valence-corrected chi connectivity index (χ1v) is 8.25. The van der Waals surface area contributed by atoms with Crippen LogP contribution in [0.2, 0.25) is 0 Å². The van der Waals surface area contributed by atoms with E-state index in [4.69, 9.17) is 0 Å². The molecule has 0 spiro atoms. The Kier molecular flexibility index (Phi) is 5.90. The van der Waals surface area contributed by atoms with Crippen molar-refractivity contribution in [1.82, 2.24) is 5.32 Å². The van der Waals surface area contributed by atoms with Crippen molar-refractivity contribution in [3.05, 3.63) is 68.1 Å². The van der Waals surface area contributed by atoms with Crippen LogP contribution in [0.3, 0.4) is 0 Å². The normalized spacial score (nSPS) is 12.4. The van der Waals surface area contributed by atoms with Gasteiger partial charge in [0.1, 0.15) is 11.6 Å². The van der Waals surface area contributed by atoms with Crippen molar-refractivity contribution in [2.75, 3.05) is 6.54 Å². The summed E-state index contributed by atoms with van der Waals surface area (Å²) in [5, 5.41) is 3.22. The van der Waals surface area contributed by atoms with Gasteiger partial charge in [0.15, 0.2) is 0 Å². The molecular formula is C16H15Br2F2N. The van der Waals surface area contributed by atoms with Crippen molar-refractivity contribution in [2.24, 2.45) is 0 Å². The van der Waals surface area contributed by atoms with Crippen LogP contribution in [0.1, 0.15) is 30.5 Å². The number of nitrogens with one attached hydrogen (secondary N) is 1. The second-order valence-corrected chi connectivity index (χ2v) is 6.46. The van der Waals surface area contributed by atoms with E-state index in [0.717, 1.165) is 20.9 Å². The predicted octanol–water partition coefficient (Wildman–Crippen LogP) is 5.58. The Morgan fingerprint density at radius 1 is 1.10 bits per heavy atom. The topological polar surface area (TPSA) is 12.0 Å². The first kappa shape index (κ1) is 16.6. The van der Waals surface area contributed by atoms with Crippen LogP contribution in [0, 0.1) is 11.6 Å². The summed E-state index contributed by atoms with van der Waals surface area (Å²) in [5.74, 6) is -1.09. The molecule has 0 amide bonds.